The highest BCUT2D eigenvalue weighted by molar-refractivity contribution is 6.04. The zero-order valence-electron chi connectivity index (χ0n) is 5.57. The van der Waals surface area contributed by atoms with Crippen LogP contribution in [-0.2, 0) is 0 Å². The maximum Gasteiger partial charge on any atom is 0.110 e. The van der Waals surface area contributed by atoms with E-state index in [9.17, 15) is 0 Å². The first kappa shape index (κ1) is 5.59. The van der Waals surface area contributed by atoms with Gasteiger partial charge >= 0.3 is 0 Å². The van der Waals surface area contributed by atoms with Crippen LogP contribution < -0.4 is 0 Å². The molecule has 2 rings (SSSR count). The number of nitrogens with zero attached hydrogens (tertiary/aromatic N) is 2. The second-order valence-corrected chi connectivity index (χ2v) is 2.39. The van der Waals surface area contributed by atoms with E-state index >= 15 is 0 Å². The van der Waals surface area contributed by atoms with Crippen molar-refractivity contribution in [1.29, 1.82) is 0 Å². The highest BCUT2D eigenvalue weighted by Crippen LogP contribution is 2.11. The molecule has 1 aliphatic heterocycles. The van der Waals surface area contributed by atoms with Crippen molar-refractivity contribution < 1.29 is 0 Å². The lowest BCUT2D eigenvalue weighted by atomic mass is 9.98. The van der Waals surface area contributed by atoms with Gasteiger partial charge in [0.15, 0.2) is 0 Å². The largest absolute Gasteiger partial charge is 0.272 e. The van der Waals surface area contributed by atoms with E-state index in [1.54, 1.807) is 6.34 Å². The van der Waals surface area contributed by atoms with Gasteiger partial charge in [0.2, 0.25) is 0 Å². The van der Waals surface area contributed by atoms with E-state index in [0.29, 0.717) is 5.92 Å². The molecule has 2 aliphatic rings. The normalized spacial score (nSPS) is 28.0. The molecule has 0 saturated carbocycles. The van der Waals surface area contributed by atoms with Crippen LogP contribution in [0.15, 0.2) is 34.3 Å². The molecule has 0 bridgehead atoms. The van der Waals surface area contributed by atoms with Crippen molar-refractivity contribution in [2.75, 3.05) is 6.54 Å². The minimum atomic E-state index is 0.440. The molecular formula is C8H8N2. The molecule has 1 unspecified atom stereocenters. The summed E-state index contributed by atoms with van der Waals surface area (Å²) in [5.74, 6) is 0.440. The van der Waals surface area contributed by atoms with Crippen LogP contribution in [-0.4, -0.2) is 18.6 Å². The Morgan fingerprint density at radius 1 is 1.40 bits per heavy atom. The van der Waals surface area contributed by atoms with Crippen LogP contribution in [0.2, 0.25) is 0 Å². The summed E-state index contributed by atoms with van der Waals surface area (Å²) in [5.41, 5.74) is 1.14. The summed E-state index contributed by atoms with van der Waals surface area (Å²) in [5, 5.41) is 0. The predicted molar refractivity (Wildman–Crippen MR) is 42.6 cm³/mol. The molecule has 0 amide bonds. The van der Waals surface area contributed by atoms with Crippen LogP contribution in [0.5, 0.6) is 0 Å². The van der Waals surface area contributed by atoms with Crippen molar-refractivity contribution in [1.82, 2.24) is 0 Å². The summed E-state index contributed by atoms with van der Waals surface area (Å²) in [6, 6.07) is 0. The number of aliphatic imine (C=N–C) groups is 2. The quantitative estimate of drug-likeness (QED) is 0.473. The molecule has 0 aromatic heterocycles. The third kappa shape index (κ3) is 0.817. The number of allylic oxidation sites excluding steroid dienone is 3. The molecule has 50 valence electrons. The zero-order chi connectivity index (χ0) is 6.81. The van der Waals surface area contributed by atoms with Gasteiger partial charge in [-0.25, -0.2) is 4.99 Å². The van der Waals surface area contributed by atoms with E-state index in [-0.39, 0.29) is 0 Å². The summed E-state index contributed by atoms with van der Waals surface area (Å²) in [6.07, 6.45) is 9.86. The minimum absolute atomic E-state index is 0.440. The summed E-state index contributed by atoms with van der Waals surface area (Å²) in [4.78, 5) is 8.20. The smallest absolute Gasteiger partial charge is 0.110 e. The van der Waals surface area contributed by atoms with Crippen LogP contribution >= 0.6 is 0 Å². The molecule has 1 heterocycles. The Balaban J connectivity index is 2.34. The van der Waals surface area contributed by atoms with Gasteiger partial charge in [-0.05, 0) is 6.08 Å². The summed E-state index contributed by atoms with van der Waals surface area (Å²) in [7, 11) is 0. The number of fused-ring (bicyclic) bond motifs is 1. The third-order valence-corrected chi connectivity index (χ3v) is 1.69. The van der Waals surface area contributed by atoms with Gasteiger partial charge in [-0.2, -0.15) is 0 Å². The van der Waals surface area contributed by atoms with Crippen LogP contribution in [0.4, 0.5) is 0 Å². The summed E-state index contributed by atoms with van der Waals surface area (Å²) in [6.45, 7) is 0.861. The van der Waals surface area contributed by atoms with E-state index < -0.39 is 0 Å². The summed E-state index contributed by atoms with van der Waals surface area (Å²) < 4.78 is 0. The average Bonchev–Trinajstić information content (AvgIpc) is 2.05. The van der Waals surface area contributed by atoms with Crippen molar-refractivity contribution in [2.24, 2.45) is 15.9 Å². The Morgan fingerprint density at radius 2 is 2.40 bits per heavy atom. The maximum atomic E-state index is 4.14. The molecule has 2 nitrogen and oxygen atoms in total. The highest BCUT2D eigenvalue weighted by Gasteiger charge is 2.13. The van der Waals surface area contributed by atoms with E-state index in [1.807, 2.05) is 18.2 Å². The van der Waals surface area contributed by atoms with Gasteiger partial charge in [0.05, 0.1) is 12.3 Å². The molecule has 0 fully saturated rings. The predicted octanol–water partition coefficient (Wildman–Crippen LogP) is 1.21. The third-order valence-electron chi connectivity index (χ3n) is 1.69. The van der Waals surface area contributed by atoms with Crippen molar-refractivity contribution in [2.45, 2.75) is 0 Å². The molecule has 0 spiro atoms. The van der Waals surface area contributed by atoms with Gasteiger partial charge in [0.25, 0.3) is 0 Å². The topological polar surface area (TPSA) is 24.7 Å². The van der Waals surface area contributed by atoms with E-state index in [2.05, 4.69) is 16.1 Å². The van der Waals surface area contributed by atoms with Gasteiger partial charge in [0, 0.05) is 5.92 Å². The van der Waals surface area contributed by atoms with Crippen molar-refractivity contribution in [3.8, 4) is 0 Å². The van der Waals surface area contributed by atoms with Gasteiger partial charge in [0.1, 0.15) is 6.34 Å². The first-order valence-electron chi connectivity index (χ1n) is 3.38. The van der Waals surface area contributed by atoms with Crippen molar-refractivity contribution >= 4 is 12.1 Å². The van der Waals surface area contributed by atoms with Crippen molar-refractivity contribution in [3.63, 3.8) is 0 Å². The van der Waals surface area contributed by atoms with Gasteiger partial charge in [-0.3, -0.25) is 4.99 Å². The second kappa shape index (κ2) is 2.21. The number of rotatable bonds is 0. The number of hydrogen-bond donors (Lipinski definition) is 0. The van der Waals surface area contributed by atoms with Gasteiger partial charge in [-0.1, -0.05) is 18.2 Å². The zero-order valence-corrected chi connectivity index (χ0v) is 5.57. The van der Waals surface area contributed by atoms with Crippen molar-refractivity contribution in [3.05, 3.63) is 24.3 Å². The molecule has 2 heteroatoms. The fourth-order valence-electron chi connectivity index (χ4n) is 1.14. The molecule has 10 heavy (non-hydrogen) atoms. The Hall–Kier alpha value is -1.18. The minimum Gasteiger partial charge on any atom is -0.272 e. The second-order valence-electron chi connectivity index (χ2n) is 2.39. The lowest BCUT2D eigenvalue weighted by Crippen LogP contribution is -2.18. The molecule has 1 atom stereocenters. The SMILES string of the molecule is C1=CC2=NC=NCC2C=C1. The molecule has 0 aromatic carbocycles. The Morgan fingerprint density at radius 3 is 3.30 bits per heavy atom. The Kier molecular flexibility index (Phi) is 1.24. The molecule has 0 N–H and O–H groups in total. The van der Waals surface area contributed by atoms with E-state index in [4.69, 9.17) is 0 Å². The molecule has 0 saturated heterocycles. The molecule has 0 aromatic rings. The van der Waals surface area contributed by atoms with E-state index in [0.717, 1.165) is 12.3 Å². The first-order valence-corrected chi connectivity index (χ1v) is 3.38. The van der Waals surface area contributed by atoms with Crippen LogP contribution in [0.25, 0.3) is 0 Å². The maximum absolute atomic E-state index is 4.14. The fourth-order valence-corrected chi connectivity index (χ4v) is 1.14. The molecule has 0 radical (unpaired) electrons. The fraction of sp³-hybridized carbons (Fsp3) is 0.250. The highest BCUT2D eigenvalue weighted by atomic mass is 14.9. The van der Waals surface area contributed by atoms with Gasteiger partial charge in [-0.15, -0.1) is 0 Å². The van der Waals surface area contributed by atoms with Crippen LogP contribution in [0, 0.1) is 5.92 Å². The standard InChI is InChI=1S/C8H8N2/c1-2-4-8-7(3-1)5-9-6-10-8/h1-4,6-7H,5H2. The first-order chi connectivity index (χ1) is 4.97. The van der Waals surface area contributed by atoms with Crippen LogP contribution in [0.3, 0.4) is 0 Å². The molecule has 1 aliphatic carbocycles. The lowest BCUT2D eigenvalue weighted by molar-refractivity contribution is 0.854. The number of hydrogen-bond acceptors (Lipinski definition) is 2. The Labute approximate surface area is 59.7 Å². The Bertz CT molecular complexity index is 246. The van der Waals surface area contributed by atoms with Crippen LogP contribution in [0.1, 0.15) is 0 Å². The monoisotopic (exact) mass is 132 g/mol. The summed E-state index contributed by atoms with van der Waals surface area (Å²) >= 11 is 0. The average molecular weight is 132 g/mol. The van der Waals surface area contributed by atoms with E-state index in [1.165, 1.54) is 0 Å². The lowest BCUT2D eigenvalue weighted by Gasteiger charge is -2.14. The van der Waals surface area contributed by atoms with Gasteiger partial charge < -0.3 is 0 Å². The molecular weight excluding hydrogens is 124 g/mol.